The molecule has 0 saturated heterocycles. The first-order chi connectivity index (χ1) is 9.49. The number of aliphatic hydroxyl groups is 1. The van der Waals surface area contributed by atoms with Gasteiger partial charge in [-0.05, 0) is 19.1 Å². The van der Waals surface area contributed by atoms with Crippen LogP contribution in [-0.2, 0) is 0 Å². The summed E-state index contributed by atoms with van der Waals surface area (Å²) in [6.07, 6.45) is 0.190. The van der Waals surface area contributed by atoms with Crippen LogP contribution in [0.4, 0.5) is 10.1 Å². The van der Waals surface area contributed by atoms with Crippen molar-refractivity contribution in [2.75, 3.05) is 5.32 Å². The van der Waals surface area contributed by atoms with Gasteiger partial charge in [0.05, 0.1) is 17.9 Å². The summed E-state index contributed by atoms with van der Waals surface area (Å²) in [5.74, 6) is -1.24. The maximum atomic E-state index is 13.1. The average molecular weight is 295 g/mol. The van der Waals surface area contributed by atoms with E-state index in [1.165, 1.54) is 0 Å². The average Bonchev–Trinajstić information content (AvgIpc) is 2.41. The smallest absolute Gasteiger partial charge is 0.258 e. The zero-order valence-corrected chi connectivity index (χ0v) is 11.4. The van der Waals surface area contributed by atoms with E-state index >= 15 is 0 Å². The van der Waals surface area contributed by atoms with E-state index < -0.39 is 17.8 Å². The number of aromatic nitrogens is 1. The van der Waals surface area contributed by atoms with Gasteiger partial charge in [-0.1, -0.05) is 29.8 Å². The summed E-state index contributed by atoms with van der Waals surface area (Å²) < 4.78 is 13.1. The van der Waals surface area contributed by atoms with Crippen molar-refractivity contribution in [3.8, 4) is 0 Å². The van der Waals surface area contributed by atoms with Gasteiger partial charge in [0.2, 0.25) is 0 Å². The molecule has 1 heterocycles. The Balaban J connectivity index is 2.31. The Hall–Kier alpha value is -1.98. The fourth-order valence-corrected chi connectivity index (χ4v) is 1.94. The second-order valence-electron chi connectivity index (χ2n) is 4.21. The molecule has 2 N–H and O–H groups in total. The van der Waals surface area contributed by atoms with Gasteiger partial charge in [0.1, 0.15) is 11.0 Å². The molecule has 0 aliphatic carbocycles. The lowest BCUT2D eigenvalue weighted by Crippen LogP contribution is -2.15. The number of benzene rings is 1. The number of amides is 1. The Labute approximate surface area is 120 Å². The minimum atomic E-state index is -0.743. The maximum absolute atomic E-state index is 13.1. The molecule has 2 aromatic rings. The molecule has 2 rings (SSSR count). The van der Waals surface area contributed by atoms with Crippen LogP contribution < -0.4 is 5.32 Å². The van der Waals surface area contributed by atoms with E-state index in [9.17, 15) is 14.3 Å². The summed E-state index contributed by atoms with van der Waals surface area (Å²) in [4.78, 5) is 15.7. The van der Waals surface area contributed by atoms with Crippen LogP contribution in [0.3, 0.4) is 0 Å². The van der Waals surface area contributed by atoms with Gasteiger partial charge < -0.3 is 10.4 Å². The highest BCUT2D eigenvalue weighted by Gasteiger charge is 2.15. The quantitative estimate of drug-likeness (QED) is 0.855. The molecule has 20 heavy (non-hydrogen) atoms. The predicted octanol–water partition coefficient (Wildman–Crippen LogP) is 3.18. The minimum absolute atomic E-state index is 0.0629. The number of halogens is 2. The summed E-state index contributed by atoms with van der Waals surface area (Å²) in [6.45, 7) is 1.59. The molecule has 4 nitrogen and oxygen atoms in total. The van der Waals surface area contributed by atoms with Crippen molar-refractivity contribution in [3.05, 3.63) is 58.6 Å². The molecule has 0 aliphatic rings. The van der Waals surface area contributed by atoms with E-state index in [2.05, 4.69) is 10.3 Å². The number of nitrogens with one attached hydrogen (secondary N) is 1. The minimum Gasteiger partial charge on any atom is -0.389 e. The zero-order chi connectivity index (χ0) is 14.7. The van der Waals surface area contributed by atoms with Crippen LogP contribution in [0, 0.1) is 5.82 Å². The van der Waals surface area contributed by atoms with Crippen LogP contribution in [0.25, 0.3) is 0 Å². The lowest BCUT2D eigenvalue weighted by atomic mass is 10.1. The lowest BCUT2D eigenvalue weighted by molar-refractivity contribution is 0.102. The second-order valence-corrected chi connectivity index (χ2v) is 4.57. The molecular formula is C14H12ClFN2O2. The number of hydrogen-bond acceptors (Lipinski definition) is 3. The van der Waals surface area contributed by atoms with E-state index in [4.69, 9.17) is 11.6 Å². The fourth-order valence-electron chi connectivity index (χ4n) is 1.75. The maximum Gasteiger partial charge on any atom is 0.258 e. The normalized spacial score (nSPS) is 12.0. The molecule has 0 spiro atoms. The topological polar surface area (TPSA) is 62.2 Å². The van der Waals surface area contributed by atoms with Crippen molar-refractivity contribution in [1.29, 1.82) is 0 Å². The van der Waals surface area contributed by atoms with Crippen molar-refractivity contribution < 1.29 is 14.3 Å². The fraction of sp³-hybridized carbons (Fsp3) is 0.143. The SMILES string of the molecule is CC(O)c1ccccc1NC(=O)c1cc(F)cnc1Cl. The van der Waals surface area contributed by atoms with Gasteiger partial charge in [0.25, 0.3) is 5.91 Å². The number of para-hydroxylation sites is 1. The molecule has 1 atom stereocenters. The van der Waals surface area contributed by atoms with Crippen LogP contribution in [0.2, 0.25) is 5.15 Å². The first-order valence-corrected chi connectivity index (χ1v) is 6.26. The first kappa shape index (κ1) is 14.4. The van der Waals surface area contributed by atoms with Crippen molar-refractivity contribution in [3.63, 3.8) is 0 Å². The molecule has 1 unspecified atom stereocenters. The van der Waals surface area contributed by atoms with E-state index in [-0.39, 0.29) is 10.7 Å². The zero-order valence-electron chi connectivity index (χ0n) is 10.6. The largest absolute Gasteiger partial charge is 0.389 e. The van der Waals surface area contributed by atoms with Crippen LogP contribution in [-0.4, -0.2) is 16.0 Å². The van der Waals surface area contributed by atoms with E-state index in [1.54, 1.807) is 31.2 Å². The predicted molar refractivity (Wildman–Crippen MR) is 74.2 cm³/mol. The number of aliphatic hydroxyl groups excluding tert-OH is 1. The number of anilines is 1. The van der Waals surface area contributed by atoms with Gasteiger partial charge in [-0.3, -0.25) is 4.79 Å². The van der Waals surface area contributed by atoms with Crippen molar-refractivity contribution in [2.24, 2.45) is 0 Å². The Morgan fingerprint density at radius 3 is 2.85 bits per heavy atom. The third-order valence-electron chi connectivity index (χ3n) is 2.71. The van der Waals surface area contributed by atoms with Crippen molar-refractivity contribution in [1.82, 2.24) is 4.98 Å². The molecule has 1 aromatic carbocycles. The highest BCUT2D eigenvalue weighted by atomic mass is 35.5. The molecule has 0 saturated carbocycles. The first-order valence-electron chi connectivity index (χ1n) is 5.88. The molecule has 104 valence electrons. The third kappa shape index (κ3) is 3.12. The van der Waals surface area contributed by atoms with Gasteiger partial charge in [-0.25, -0.2) is 9.37 Å². The van der Waals surface area contributed by atoms with E-state index in [0.717, 1.165) is 12.3 Å². The monoisotopic (exact) mass is 294 g/mol. The van der Waals surface area contributed by atoms with Crippen molar-refractivity contribution >= 4 is 23.2 Å². The highest BCUT2D eigenvalue weighted by molar-refractivity contribution is 6.33. The van der Waals surface area contributed by atoms with Crippen molar-refractivity contribution in [2.45, 2.75) is 13.0 Å². The number of pyridine rings is 1. The Bertz CT molecular complexity index is 647. The summed E-state index contributed by atoms with van der Waals surface area (Å²) in [5.41, 5.74) is 0.932. The Morgan fingerprint density at radius 1 is 1.45 bits per heavy atom. The molecule has 0 radical (unpaired) electrons. The summed E-state index contributed by atoms with van der Waals surface area (Å²) in [5, 5.41) is 12.1. The van der Waals surface area contributed by atoms with E-state index in [0.29, 0.717) is 11.3 Å². The van der Waals surface area contributed by atoms with Crippen LogP contribution >= 0.6 is 11.6 Å². The molecule has 0 bridgehead atoms. The molecule has 1 amide bonds. The van der Waals surface area contributed by atoms with Gasteiger partial charge in [-0.2, -0.15) is 0 Å². The van der Waals surface area contributed by atoms with Crippen LogP contribution in [0.15, 0.2) is 36.5 Å². The molecular weight excluding hydrogens is 283 g/mol. The van der Waals surface area contributed by atoms with Gasteiger partial charge in [0, 0.05) is 11.3 Å². The highest BCUT2D eigenvalue weighted by Crippen LogP contribution is 2.23. The molecule has 0 aliphatic heterocycles. The number of carbonyl (C=O) groups is 1. The number of hydrogen-bond donors (Lipinski definition) is 2. The standard InChI is InChI=1S/C14H12ClFN2O2/c1-8(19)10-4-2-3-5-12(10)18-14(20)11-6-9(16)7-17-13(11)15/h2-8,19H,1H3,(H,18,20). The summed E-state index contributed by atoms with van der Waals surface area (Å²) in [6, 6.07) is 7.79. The summed E-state index contributed by atoms with van der Waals surface area (Å²) in [7, 11) is 0. The van der Waals surface area contributed by atoms with Gasteiger partial charge >= 0.3 is 0 Å². The van der Waals surface area contributed by atoms with Gasteiger partial charge in [-0.15, -0.1) is 0 Å². The second kappa shape index (κ2) is 5.98. The van der Waals surface area contributed by atoms with E-state index in [1.807, 2.05) is 0 Å². The third-order valence-corrected chi connectivity index (χ3v) is 3.01. The van der Waals surface area contributed by atoms with Gasteiger partial charge in [0.15, 0.2) is 0 Å². The van der Waals surface area contributed by atoms with Crippen LogP contribution in [0.5, 0.6) is 0 Å². The van der Waals surface area contributed by atoms with Crippen LogP contribution in [0.1, 0.15) is 28.9 Å². The Morgan fingerprint density at radius 2 is 2.15 bits per heavy atom. The number of nitrogens with zero attached hydrogens (tertiary/aromatic N) is 1. The molecule has 6 heteroatoms. The summed E-state index contributed by atoms with van der Waals surface area (Å²) >= 11 is 5.77. The molecule has 0 fully saturated rings. The number of carbonyl (C=O) groups excluding carboxylic acids is 1. The molecule has 1 aromatic heterocycles. The number of rotatable bonds is 3. The lowest BCUT2D eigenvalue weighted by Gasteiger charge is -2.13. The Kier molecular flexibility index (Phi) is 4.32.